The molecule has 2 nitrogen and oxygen atoms in total. The molecule has 1 N–H and O–H groups in total. The molecule has 0 bridgehead atoms. The van der Waals surface area contributed by atoms with Crippen LogP contribution in [-0.4, -0.2) is 0 Å². The number of thioether (sulfide) groups is 1. The molecule has 1 aliphatic rings. The zero-order chi connectivity index (χ0) is 22.9. The minimum absolute atomic E-state index is 1.09. The van der Waals surface area contributed by atoms with E-state index in [2.05, 4.69) is 96.6 Å². The Morgan fingerprint density at radius 2 is 1.76 bits per heavy atom. The van der Waals surface area contributed by atoms with Gasteiger partial charge in [-0.15, -0.1) is 0 Å². The van der Waals surface area contributed by atoms with E-state index in [1.54, 1.807) is 0 Å². The summed E-state index contributed by atoms with van der Waals surface area (Å²) in [5.74, 6) is 0. The quantitative estimate of drug-likeness (QED) is 0.169. The number of aromatic nitrogens is 1. The van der Waals surface area contributed by atoms with E-state index in [1.165, 1.54) is 81.3 Å². The first kappa shape index (κ1) is 23.8. The van der Waals surface area contributed by atoms with Crippen molar-refractivity contribution in [1.82, 2.24) is 0 Å². The Balaban J connectivity index is 1.38. The fourth-order valence-electron chi connectivity index (χ4n) is 4.12. The molecule has 0 aliphatic carbocycles. The highest BCUT2D eigenvalue weighted by Gasteiger charge is 2.17. The van der Waals surface area contributed by atoms with E-state index in [1.807, 2.05) is 23.1 Å². The van der Waals surface area contributed by atoms with Crippen LogP contribution in [0.2, 0.25) is 0 Å². The molecule has 0 spiro atoms. The third-order valence-corrected chi connectivity index (χ3v) is 8.09. The third kappa shape index (κ3) is 6.39. The Labute approximate surface area is 207 Å². The lowest BCUT2D eigenvalue weighted by Crippen LogP contribution is -2.34. The Hall–Kier alpha value is -2.30. The van der Waals surface area contributed by atoms with E-state index in [0.29, 0.717) is 0 Å². The number of thiazole rings is 1. The van der Waals surface area contributed by atoms with Crippen molar-refractivity contribution in [3.63, 3.8) is 0 Å². The van der Waals surface area contributed by atoms with Crippen LogP contribution in [0.5, 0.6) is 0 Å². The summed E-state index contributed by atoms with van der Waals surface area (Å²) < 4.78 is 3.83. The van der Waals surface area contributed by atoms with Gasteiger partial charge in [0.1, 0.15) is 4.70 Å². The number of fused-ring (bicyclic) bond motifs is 2. The summed E-state index contributed by atoms with van der Waals surface area (Å²) in [6, 6.07) is 15.6. The van der Waals surface area contributed by atoms with Gasteiger partial charge in [0, 0.05) is 23.5 Å². The fourth-order valence-corrected chi connectivity index (χ4v) is 6.12. The summed E-state index contributed by atoms with van der Waals surface area (Å²) in [5, 5.41) is 6.09. The predicted octanol–water partition coefficient (Wildman–Crippen LogP) is 8.74. The molecule has 2 heterocycles. The van der Waals surface area contributed by atoms with Gasteiger partial charge in [-0.1, -0.05) is 92.6 Å². The number of para-hydroxylation sites is 1. The summed E-state index contributed by atoms with van der Waals surface area (Å²) in [5.41, 5.74) is 4.04. The van der Waals surface area contributed by atoms with Gasteiger partial charge in [-0.25, -0.2) is 0 Å². The highest BCUT2D eigenvalue weighted by molar-refractivity contribution is 8.03. The SMILES string of the molecule is CCCCCc1ccc2c(c1)NC(=CC=CC=Cc1sc3ccccc3[n+]1CCCCC)S2. The second-order valence-corrected chi connectivity index (χ2v) is 10.7. The monoisotopic (exact) mass is 475 g/mol. The lowest BCUT2D eigenvalue weighted by Gasteiger charge is -2.03. The molecule has 0 radical (unpaired) electrons. The van der Waals surface area contributed by atoms with Crippen LogP contribution in [-0.2, 0) is 13.0 Å². The van der Waals surface area contributed by atoms with Crippen LogP contribution in [0.3, 0.4) is 0 Å². The van der Waals surface area contributed by atoms with Crippen LogP contribution in [0, 0.1) is 0 Å². The average molecular weight is 476 g/mol. The van der Waals surface area contributed by atoms with Crippen LogP contribution in [0.4, 0.5) is 5.69 Å². The summed E-state index contributed by atoms with van der Waals surface area (Å²) in [6.45, 7) is 5.61. The highest BCUT2D eigenvalue weighted by atomic mass is 32.2. The average Bonchev–Trinajstić information content (AvgIpc) is 3.39. The largest absolute Gasteiger partial charge is 0.349 e. The first-order chi connectivity index (χ1) is 16.3. The lowest BCUT2D eigenvalue weighted by atomic mass is 10.1. The minimum atomic E-state index is 1.09. The van der Waals surface area contributed by atoms with Gasteiger partial charge >= 0.3 is 0 Å². The predicted molar refractivity (Wildman–Crippen MR) is 147 cm³/mol. The molecule has 172 valence electrons. The molecular formula is C29H35N2S2+. The van der Waals surface area contributed by atoms with E-state index in [9.17, 15) is 0 Å². The number of hydrogen-bond acceptors (Lipinski definition) is 3. The molecule has 0 atom stereocenters. The van der Waals surface area contributed by atoms with Crippen LogP contribution in [0.25, 0.3) is 16.3 Å². The van der Waals surface area contributed by atoms with E-state index in [4.69, 9.17) is 0 Å². The summed E-state index contributed by atoms with van der Waals surface area (Å²) in [4.78, 5) is 1.32. The minimum Gasteiger partial charge on any atom is -0.349 e. The fraction of sp³-hybridized carbons (Fsp3) is 0.345. The summed E-state index contributed by atoms with van der Waals surface area (Å²) in [7, 11) is 0. The number of benzene rings is 2. The van der Waals surface area contributed by atoms with Gasteiger partial charge in [0.15, 0.2) is 6.54 Å². The molecular weight excluding hydrogens is 440 g/mol. The molecule has 0 saturated carbocycles. The number of nitrogens with one attached hydrogen (secondary N) is 1. The van der Waals surface area contributed by atoms with Crippen molar-refractivity contribution in [1.29, 1.82) is 0 Å². The first-order valence-corrected chi connectivity index (χ1v) is 14.0. The van der Waals surface area contributed by atoms with Gasteiger partial charge in [0.05, 0.1) is 10.7 Å². The van der Waals surface area contributed by atoms with Gasteiger partial charge in [0.25, 0.3) is 5.01 Å². The van der Waals surface area contributed by atoms with Gasteiger partial charge in [0.2, 0.25) is 5.52 Å². The van der Waals surface area contributed by atoms with Crippen LogP contribution >= 0.6 is 23.1 Å². The maximum atomic E-state index is 3.58. The molecule has 0 unspecified atom stereocenters. The molecule has 0 fully saturated rings. The van der Waals surface area contributed by atoms with E-state index in [0.717, 1.165) is 6.54 Å². The van der Waals surface area contributed by atoms with Crippen molar-refractivity contribution in [3.8, 4) is 0 Å². The van der Waals surface area contributed by atoms with Crippen molar-refractivity contribution in [3.05, 3.63) is 82.4 Å². The van der Waals surface area contributed by atoms with E-state index >= 15 is 0 Å². The second-order valence-electron chi connectivity index (χ2n) is 8.56. The van der Waals surface area contributed by atoms with Crippen LogP contribution in [0.1, 0.15) is 62.9 Å². The number of anilines is 1. The number of aryl methyl sites for hydroxylation is 2. The van der Waals surface area contributed by atoms with Crippen LogP contribution in [0.15, 0.2) is 76.7 Å². The molecule has 0 saturated heterocycles. The van der Waals surface area contributed by atoms with Crippen molar-refractivity contribution >= 4 is 45.1 Å². The topological polar surface area (TPSA) is 15.9 Å². The van der Waals surface area contributed by atoms with Crippen molar-refractivity contribution < 1.29 is 4.57 Å². The Kier molecular flexibility index (Phi) is 8.85. The summed E-state index contributed by atoms with van der Waals surface area (Å²) in [6.07, 6.45) is 19.6. The molecule has 3 aromatic rings. The van der Waals surface area contributed by atoms with Crippen LogP contribution < -0.4 is 9.88 Å². The number of hydrogen-bond donors (Lipinski definition) is 1. The van der Waals surface area contributed by atoms with Gasteiger partial charge < -0.3 is 5.32 Å². The number of rotatable bonds is 11. The molecule has 1 aromatic heterocycles. The standard InChI is InChI=1S/C29H34N2S2/c1-3-5-8-14-23-19-20-26-24(22-23)30-28(32-26)17-9-7-10-18-29-31(21-13-6-4-2)25-15-11-12-16-27(25)33-29/h7,9-12,15-20,22H,3-6,8,13-14,21H2,1-2H3/p+1. The number of nitrogens with zero attached hydrogens (tertiary/aromatic N) is 1. The van der Waals surface area contributed by atoms with Gasteiger partial charge in [-0.3, -0.25) is 0 Å². The number of allylic oxidation sites excluding steroid dienone is 4. The molecule has 4 heteroatoms. The highest BCUT2D eigenvalue weighted by Crippen LogP contribution is 2.41. The zero-order valence-electron chi connectivity index (χ0n) is 19.8. The van der Waals surface area contributed by atoms with Gasteiger partial charge in [-0.05, 0) is 49.1 Å². The molecule has 0 amide bonds. The molecule has 1 aliphatic heterocycles. The Morgan fingerprint density at radius 1 is 0.909 bits per heavy atom. The van der Waals surface area contributed by atoms with E-state index < -0.39 is 0 Å². The van der Waals surface area contributed by atoms with Crippen molar-refractivity contribution in [2.45, 2.75) is 70.2 Å². The maximum Gasteiger partial charge on any atom is 0.262 e. The third-order valence-electron chi connectivity index (χ3n) is 5.92. The Bertz CT molecular complexity index is 1150. The normalized spacial score (nSPS) is 14.7. The van der Waals surface area contributed by atoms with Gasteiger partial charge in [-0.2, -0.15) is 4.57 Å². The second kappa shape index (κ2) is 12.2. The smallest absolute Gasteiger partial charge is 0.262 e. The van der Waals surface area contributed by atoms with E-state index in [-0.39, 0.29) is 0 Å². The van der Waals surface area contributed by atoms with Crippen molar-refractivity contribution in [2.75, 3.05) is 5.32 Å². The molecule has 4 rings (SSSR count). The number of unbranched alkanes of at least 4 members (excludes halogenated alkanes) is 4. The maximum absolute atomic E-state index is 3.58. The first-order valence-electron chi connectivity index (χ1n) is 12.3. The van der Waals surface area contributed by atoms with Crippen molar-refractivity contribution in [2.24, 2.45) is 0 Å². The summed E-state index contributed by atoms with van der Waals surface area (Å²) >= 11 is 3.69. The molecule has 33 heavy (non-hydrogen) atoms. The molecule has 2 aromatic carbocycles. The zero-order valence-corrected chi connectivity index (χ0v) is 21.5. The lowest BCUT2D eigenvalue weighted by molar-refractivity contribution is -0.669. The Morgan fingerprint density at radius 3 is 2.64 bits per heavy atom.